The number of aromatic nitrogens is 4. The van der Waals surface area contributed by atoms with Crippen LogP contribution in [0.15, 0.2) is 17.3 Å². The maximum absolute atomic E-state index is 10.9. The number of hydrogen-bond donors (Lipinski definition) is 1. The molecule has 0 aromatic carbocycles. The van der Waals surface area contributed by atoms with Crippen molar-refractivity contribution in [3.63, 3.8) is 0 Å². The van der Waals surface area contributed by atoms with Gasteiger partial charge in [0.15, 0.2) is 5.65 Å². The lowest BCUT2D eigenvalue weighted by Gasteiger charge is -1.98. The number of aromatic amines is 1. The van der Waals surface area contributed by atoms with Crippen molar-refractivity contribution in [2.24, 2.45) is 0 Å². The van der Waals surface area contributed by atoms with Crippen LogP contribution in [0, 0.1) is 0 Å². The SMILES string of the molecule is C1CCCC1.CC.CC.CCC.CCc1ncnc2[nH]c(=O)cnc12. The first-order chi connectivity index (χ1) is 12.2. The van der Waals surface area contributed by atoms with E-state index in [1.54, 1.807) is 0 Å². The van der Waals surface area contributed by atoms with E-state index >= 15 is 0 Å². The molecule has 0 amide bonds. The molecule has 3 rings (SSSR count). The molecular formula is C20H38N4O. The minimum absolute atomic E-state index is 0.242. The minimum Gasteiger partial charge on any atom is -0.304 e. The van der Waals surface area contributed by atoms with Gasteiger partial charge >= 0.3 is 0 Å². The quantitative estimate of drug-likeness (QED) is 0.716. The molecule has 1 aliphatic carbocycles. The zero-order valence-electron chi connectivity index (χ0n) is 17.4. The number of H-pyrrole nitrogens is 1. The van der Waals surface area contributed by atoms with Gasteiger partial charge in [-0.15, -0.1) is 0 Å². The van der Waals surface area contributed by atoms with Crippen molar-refractivity contribution < 1.29 is 0 Å². The second-order valence-electron chi connectivity index (χ2n) is 5.09. The van der Waals surface area contributed by atoms with Crippen LogP contribution in [0.3, 0.4) is 0 Å². The summed E-state index contributed by atoms with van der Waals surface area (Å²) in [5, 5.41) is 0. The van der Waals surface area contributed by atoms with Gasteiger partial charge in [-0.2, -0.15) is 0 Å². The molecule has 2 aromatic rings. The molecule has 5 nitrogen and oxygen atoms in total. The molecule has 25 heavy (non-hydrogen) atoms. The topological polar surface area (TPSA) is 71.5 Å². The van der Waals surface area contributed by atoms with Crippen LogP contribution in [0.4, 0.5) is 0 Å². The summed E-state index contributed by atoms with van der Waals surface area (Å²) in [6, 6.07) is 0. The molecule has 2 heterocycles. The summed E-state index contributed by atoms with van der Waals surface area (Å²) in [6.07, 6.45) is 12.2. The van der Waals surface area contributed by atoms with Crippen molar-refractivity contribution >= 4 is 11.2 Å². The van der Waals surface area contributed by atoms with Crippen LogP contribution in [0.5, 0.6) is 0 Å². The molecule has 2 aromatic heterocycles. The highest BCUT2D eigenvalue weighted by molar-refractivity contribution is 5.71. The molecular weight excluding hydrogens is 312 g/mol. The summed E-state index contributed by atoms with van der Waals surface area (Å²) in [7, 11) is 0. The molecule has 0 unspecified atom stereocenters. The molecule has 5 heteroatoms. The molecule has 0 saturated heterocycles. The lowest BCUT2D eigenvalue weighted by atomic mass is 10.3. The Morgan fingerprint density at radius 3 is 1.80 bits per heavy atom. The van der Waals surface area contributed by atoms with E-state index < -0.39 is 0 Å². The van der Waals surface area contributed by atoms with E-state index in [9.17, 15) is 4.79 Å². The maximum Gasteiger partial charge on any atom is 0.268 e. The average molecular weight is 351 g/mol. The van der Waals surface area contributed by atoms with Gasteiger partial charge in [0.25, 0.3) is 5.56 Å². The highest BCUT2D eigenvalue weighted by Crippen LogP contribution is 2.15. The Hall–Kier alpha value is -1.78. The number of fused-ring (bicyclic) bond motifs is 1. The van der Waals surface area contributed by atoms with E-state index in [1.165, 1.54) is 51.0 Å². The van der Waals surface area contributed by atoms with Crippen molar-refractivity contribution in [3.05, 3.63) is 28.6 Å². The van der Waals surface area contributed by atoms with Crippen molar-refractivity contribution in [2.75, 3.05) is 0 Å². The Labute approximate surface area is 153 Å². The van der Waals surface area contributed by atoms with Crippen molar-refractivity contribution in [3.8, 4) is 0 Å². The Morgan fingerprint density at radius 2 is 1.36 bits per heavy atom. The van der Waals surface area contributed by atoms with Crippen molar-refractivity contribution in [2.45, 2.75) is 93.4 Å². The predicted octanol–water partition coefficient (Wildman–Crippen LogP) is 5.69. The summed E-state index contributed by atoms with van der Waals surface area (Å²) in [5.41, 5.74) is 1.78. The third kappa shape index (κ3) is 11.4. The standard InChI is InChI=1S/C8H8N4O.C5H10.C3H8.2C2H6/c1-2-5-7-8(11-4-10-5)12-6(13)3-9-7;1-2-4-5-3-1;1-3-2;2*1-2/h3-4H,2H2,1H3,(H,10,11,12,13);1-5H2;3H2,1-2H3;2*1-2H3. The Morgan fingerprint density at radius 1 is 0.880 bits per heavy atom. The van der Waals surface area contributed by atoms with Crippen LogP contribution in [-0.2, 0) is 6.42 Å². The second kappa shape index (κ2) is 18.6. The van der Waals surface area contributed by atoms with Gasteiger partial charge in [0.1, 0.15) is 11.8 Å². The summed E-state index contributed by atoms with van der Waals surface area (Å²) in [5.74, 6) is 0. The lowest BCUT2D eigenvalue weighted by Crippen LogP contribution is -2.07. The molecule has 0 spiro atoms. The number of hydrogen-bond acceptors (Lipinski definition) is 4. The molecule has 1 saturated carbocycles. The lowest BCUT2D eigenvalue weighted by molar-refractivity contribution is 0.886. The van der Waals surface area contributed by atoms with Gasteiger partial charge in [-0.3, -0.25) is 4.79 Å². The minimum atomic E-state index is -0.242. The Bertz CT molecular complexity index is 570. The molecule has 144 valence electrons. The molecule has 1 aliphatic rings. The zero-order chi connectivity index (χ0) is 19.5. The van der Waals surface area contributed by atoms with E-state index in [-0.39, 0.29) is 5.56 Å². The van der Waals surface area contributed by atoms with Crippen LogP contribution in [0.25, 0.3) is 11.2 Å². The molecule has 0 aliphatic heterocycles. The fourth-order valence-corrected chi connectivity index (χ4v) is 2.06. The highest BCUT2D eigenvalue weighted by Gasteiger charge is 2.02. The van der Waals surface area contributed by atoms with Gasteiger partial charge in [-0.25, -0.2) is 15.0 Å². The maximum atomic E-state index is 10.9. The predicted molar refractivity (Wildman–Crippen MR) is 109 cm³/mol. The monoisotopic (exact) mass is 350 g/mol. The van der Waals surface area contributed by atoms with Crippen molar-refractivity contribution in [1.82, 2.24) is 19.9 Å². The van der Waals surface area contributed by atoms with E-state index in [4.69, 9.17) is 0 Å². The fraction of sp³-hybridized carbons (Fsp3) is 0.700. The van der Waals surface area contributed by atoms with E-state index in [2.05, 4.69) is 33.8 Å². The summed E-state index contributed by atoms with van der Waals surface area (Å²) >= 11 is 0. The average Bonchev–Trinajstić information content (AvgIpc) is 3.25. The summed E-state index contributed by atoms with van der Waals surface area (Å²) in [4.78, 5) is 25.5. The third-order valence-corrected chi connectivity index (χ3v) is 3.04. The number of nitrogens with one attached hydrogen (secondary N) is 1. The first-order valence-electron chi connectivity index (χ1n) is 9.91. The Kier molecular flexibility index (Phi) is 18.9. The van der Waals surface area contributed by atoms with Crippen molar-refractivity contribution in [1.29, 1.82) is 0 Å². The van der Waals surface area contributed by atoms with Gasteiger partial charge in [-0.05, 0) is 6.42 Å². The largest absolute Gasteiger partial charge is 0.304 e. The smallest absolute Gasteiger partial charge is 0.268 e. The van der Waals surface area contributed by atoms with E-state index in [0.29, 0.717) is 11.2 Å². The van der Waals surface area contributed by atoms with Crippen LogP contribution >= 0.6 is 0 Å². The summed E-state index contributed by atoms with van der Waals surface area (Å²) < 4.78 is 0. The molecule has 0 atom stereocenters. The molecule has 1 fully saturated rings. The van der Waals surface area contributed by atoms with Gasteiger partial charge in [0.2, 0.25) is 0 Å². The van der Waals surface area contributed by atoms with Crippen LogP contribution < -0.4 is 5.56 Å². The van der Waals surface area contributed by atoms with Crippen LogP contribution in [-0.4, -0.2) is 19.9 Å². The van der Waals surface area contributed by atoms with Crippen LogP contribution in [0.2, 0.25) is 0 Å². The zero-order valence-corrected chi connectivity index (χ0v) is 17.4. The van der Waals surface area contributed by atoms with Crippen LogP contribution in [0.1, 0.15) is 92.7 Å². The van der Waals surface area contributed by atoms with E-state index in [1.807, 2.05) is 34.6 Å². The first kappa shape index (κ1) is 25.5. The molecule has 0 bridgehead atoms. The molecule has 0 radical (unpaired) electrons. The summed E-state index contributed by atoms with van der Waals surface area (Å²) in [6.45, 7) is 14.2. The highest BCUT2D eigenvalue weighted by atomic mass is 16.1. The first-order valence-corrected chi connectivity index (χ1v) is 9.91. The van der Waals surface area contributed by atoms with Gasteiger partial charge in [0, 0.05) is 0 Å². The Balaban J connectivity index is 0. The number of rotatable bonds is 1. The fourth-order valence-electron chi connectivity index (χ4n) is 2.06. The van der Waals surface area contributed by atoms with Gasteiger partial charge in [0.05, 0.1) is 11.9 Å². The third-order valence-electron chi connectivity index (χ3n) is 3.04. The van der Waals surface area contributed by atoms with Gasteiger partial charge < -0.3 is 4.98 Å². The van der Waals surface area contributed by atoms with E-state index in [0.717, 1.165) is 12.1 Å². The normalized spacial score (nSPS) is 11.5. The second-order valence-corrected chi connectivity index (χ2v) is 5.09. The number of aryl methyl sites for hydroxylation is 1. The van der Waals surface area contributed by atoms with Gasteiger partial charge in [-0.1, -0.05) is 87.0 Å². The molecule has 1 N–H and O–H groups in total. The number of nitrogens with zero attached hydrogens (tertiary/aromatic N) is 3.